The molecule has 2 saturated carbocycles. The SMILES string of the molecule is CCc1nccn1CCC(=O)N[C@H]1[C@@H]2CCCC[C@@H]2[C@@H]1c1ccccc1. The first-order valence-corrected chi connectivity index (χ1v) is 10.1. The monoisotopic (exact) mass is 351 g/mol. The van der Waals surface area contributed by atoms with E-state index in [1.165, 1.54) is 31.2 Å². The average Bonchev–Trinajstić information content (AvgIpc) is 3.13. The van der Waals surface area contributed by atoms with Crippen LogP contribution >= 0.6 is 0 Å². The van der Waals surface area contributed by atoms with Crippen molar-refractivity contribution in [1.29, 1.82) is 0 Å². The predicted octanol–water partition coefficient (Wildman–Crippen LogP) is 3.92. The molecule has 0 unspecified atom stereocenters. The molecule has 0 aliphatic heterocycles. The molecule has 2 fully saturated rings. The molecule has 0 bridgehead atoms. The minimum Gasteiger partial charge on any atom is -0.352 e. The number of hydrogen-bond acceptors (Lipinski definition) is 2. The second-order valence-electron chi connectivity index (χ2n) is 7.78. The zero-order valence-corrected chi connectivity index (χ0v) is 15.6. The Hall–Kier alpha value is -2.10. The third kappa shape index (κ3) is 3.29. The van der Waals surface area contributed by atoms with Crippen LogP contribution in [0.2, 0.25) is 0 Å². The van der Waals surface area contributed by atoms with E-state index < -0.39 is 0 Å². The Morgan fingerprint density at radius 2 is 1.96 bits per heavy atom. The van der Waals surface area contributed by atoms with Gasteiger partial charge in [0.2, 0.25) is 5.91 Å². The first kappa shape index (κ1) is 17.3. The van der Waals surface area contributed by atoms with Crippen molar-refractivity contribution in [2.45, 2.75) is 64.0 Å². The highest BCUT2D eigenvalue weighted by Crippen LogP contribution is 2.54. The number of carbonyl (C=O) groups is 1. The molecule has 1 aromatic heterocycles. The lowest BCUT2D eigenvalue weighted by Gasteiger charge is -2.55. The molecule has 2 aliphatic carbocycles. The Morgan fingerprint density at radius 1 is 1.19 bits per heavy atom. The number of hydrogen-bond donors (Lipinski definition) is 1. The van der Waals surface area contributed by atoms with E-state index in [9.17, 15) is 4.79 Å². The topological polar surface area (TPSA) is 46.9 Å². The van der Waals surface area contributed by atoms with Gasteiger partial charge in [-0.1, -0.05) is 50.1 Å². The summed E-state index contributed by atoms with van der Waals surface area (Å²) in [5, 5.41) is 3.39. The van der Waals surface area contributed by atoms with E-state index in [0.717, 1.165) is 18.2 Å². The first-order valence-electron chi connectivity index (χ1n) is 10.1. The number of aryl methyl sites for hydroxylation is 2. The number of rotatable bonds is 6. The van der Waals surface area contributed by atoms with Gasteiger partial charge in [-0.05, 0) is 30.2 Å². The summed E-state index contributed by atoms with van der Waals surface area (Å²) >= 11 is 0. The van der Waals surface area contributed by atoms with Crippen LogP contribution in [0.25, 0.3) is 0 Å². The number of imidazole rings is 1. The maximum Gasteiger partial charge on any atom is 0.222 e. The van der Waals surface area contributed by atoms with E-state index in [2.05, 4.69) is 52.1 Å². The number of amides is 1. The molecule has 0 spiro atoms. The second kappa shape index (κ2) is 7.65. The van der Waals surface area contributed by atoms with E-state index in [1.807, 2.05) is 12.4 Å². The van der Waals surface area contributed by atoms with Gasteiger partial charge in [0.1, 0.15) is 5.82 Å². The summed E-state index contributed by atoms with van der Waals surface area (Å²) in [6.45, 7) is 2.81. The number of fused-ring (bicyclic) bond motifs is 1. The molecule has 2 aliphatic rings. The Labute approximate surface area is 156 Å². The molecule has 4 nitrogen and oxygen atoms in total. The summed E-state index contributed by atoms with van der Waals surface area (Å²) < 4.78 is 2.10. The lowest BCUT2D eigenvalue weighted by molar-refractivity contribution is -0.125. The van der Waals surface area contributed by atoms with Crippen molar-refractivity contribution < 1.29 is 4.79 Å². The zero-order valence-electron chi connectivity index (χ0n) is 15.6. The van der Waals surface area contributed by atoms with Crippen molar-refractivity contribution in [3.8, 4) is 0 Å². The van der Waals surface area contributed by atoms with E-state index >= 15 is 0 Å². The van der Waals surface area contributed by atoms with E-state index in [0.29, 0.717) is 30.8 Å². The van der Waals surface area contributed by atoms with Crippen LogP contribution in [0.1, 0.15) is 56.3 Å². The van der Waals surface area contributed by atoms with Gasteiger partial charge in [0.05, 0.1) is 0 Å². The highest BCUT2D eigenvalue weighted by atomic mass is 16.1. The Balaban J connectivity index is 1.41. The minimum atomic E-state index is 0.177. The molecular formula is C22H29N3O. The van der Waals surface area contributed by atoms with Crippen LogP contribution in [0.15, 0.2) is 42.7 Å². The fourth-order valence-electron chi connectivity index (χ4n) is 5.13. The molecule has 138 valence electrons. The van der Waals surface area contributed by atoms with Gasteiger partial charge >= 0.3 is 0 Å². The third-order valence-corrected chi connectivity index (χ3v) is 6.39. The van der Waals surface area contributed by atoms with Crippen molar-refractivity contribution in [1.82, 2.24) is 14.9 Å². The summed E-state index contributed by atoms with van der Waals surface area (Å²) in [6.07, 6.45) is 10.4. The minimum absolute atomic E-state index is 0.177. The normalized spacial score (nSPS) is 27.4. The number of aromatic nitrogens is 2. The molecule has 1 N–H and O–H groups in total. The van der Waals surface area contributed by atoms with Crippen molar-refractivity contribution in [2.24, 2.45) is 11.8 Å². The Kier molecular flexibility index (Phi) is 5.09. The van der Waals surface area contributed by atoms with Gasteiger partial charge in [0.15, 0.2) is 0 Å². The summed E-state index contributed by atoms with van der Waals surface area (Å²) in [5.41, 5.74) is 1.39. The summed E-state index contributed by atoms with van der Waals surface area (Å²) in [5.74, 6) is 3.13. The van der Waals surface area contributed by atoms with Crippen LogP contribution < -0.4 is 5.32 Å². The molecule has 0 radical (unpaired) electrons. The largest absolute Gasteiger partial charge is 0.352 e. The van der Waals surface area contributed by atoms with Crippen LogP contribution in [0.3, 0.4) is 0 Å². The zero-order chi connectivity index (χ0) is 17.9. The quantitative estimate of drug-likeness (QED) is 0.857. The van der Waals surface area contributed by atoms with Crippen LogP contribution in [0, 0.1) is 11.8 Å². The maximum atomic E-state index is 12.6. The maximum absolute atomic E-state index is 12.6. The van der Waals surface area contributed by atoms with Gasteiger partial charge in [-0.2, -0.15) is 0 Å². The van der Waals surface area contributed by atoms with E-state index in [1.54, 1.807) is 0 Å². The molecule has 4 heteroatoms. The Bertz CT molecular complexity index is 739. The standard InChI is InChI=1S/C22H29N3O/c1-2-19-23-13-15-25(19)14-12-20(26)24-22-18-11-7-6-10-17(18)21(22)16-8-4-3-5-9-16/h3-5,8-9,13,15,17-18,21-22H,2,6-7,10-12,14H2,1H3,(H,24,26)/t17-,18+,21-,22-/m0/s1. The van der Waals surface area contributed by atoms with Crippen LogP contribution in [-0.2, 0) is 17.8 Å². The molecule has 26 heavy (non-hydrogen) atoms. The Morgan fingerprint density at radius 3 is 2.73 bits per heavy atom. The molecular weight excluding hydrogens is 322 g/mol. The van der Waals surface area contributed by atoms with Gasteiger partial charge in [-0.3, -0.25) is 4.79 Å². The summed E-state index contributed by atoms with van der Waals surface area (Å²) in [7, 11) is 0. The van der Waals surface area contributed by atoms with Gasteiger partial charge in [-0.25, -0.2) is 4.98 Å². The molecule has 2 aromatic rings. The first-order chi connectivity index (χ1) is 12.8. The lowest BCUT2D eigenvalue weighted by Crippen LogP contribution is -2.59. The third-order valence-electron chi connectivity index (χ3n) is 6.39. The van der Waals surface area contributed by atoms with E-state index in [-0.39, 0.29) is 5.91 Å². The van der Waals surface area contributed by atoms with Crippen molar-refractivity contribution >= 4 is 5.91 Å². The number of carbonyl (C=O) groups excluding carboxylic acids is 1. The lowest BCUT2D eigenvalue weighted by atomic mass is 9.53. The van der Waals surface area contributed by atoms with Crippen LogP contribution in [0.4, 0.5) is 0 Å². The smallest absolute Gasteiger partial charge is 0.222 e. The van der Waals surface area contributed by atoms with Gasteiger partial charge in [0, 0.05) is 43.7 Å². The molecule has 4 rings (SSSR count). The highest BCUT2D eigenvalue weighted by molar-refractivity contribution is 5.76. The number of nitrogens with zero attached hydrogens (tertiary/aromatic N) is 2. The number of benzene rings is 1. The van der Waals surface area contributed by atoms with Gasteiger partial charge < -0.3 is 9.88 Å². The average molecular weight is 351 g/mol. The molecule has 1 amide bonds. The summed E-state index contributed by atoms with van der Waals surface area (Å²) in [6, 6.07) is 11.1. The van der Waals surface area contributed by atoms with Crippen molar-refractivity contribution in [2.75, 3.05) is 0 Å². The molecule has 1 aromatic carbocycles. The molecule has 0 saturated heterocycles. The van der Waals surface area contributed by atoms with Crippen molar-refractivity contribution in [3.63, 3.8) is 0 Å². The van der Waals surface area contributed by atoms with Crippen molar-refractivity contribution in [3.05, 3.63) is 54.1 Å². The van der Waals surface area contributed by atoms with Crippen LogP contribution in [-0.4, -0.2) is 21.5 Å². The fraction of sp³-hybridized carbons (Fsp3) is 0.545. The predicted molar refractivity (Wildman–Crippen MR) is 103 cm³/mol. The fourth-order valence-corrected chi connectivity index (χ4v) is 5.13. The molecule has 1 heterocycles. The highest BCUT2D eigenvalue weighted by Gasteiger charge is 2.51. The second-order valence-corrected chi connectivity index (χ2v) is 7.78. The van der Waals surface area contributed by atoms with E-state index in [4.69, 9.17) is 0 Å². The molecule has 4 atom stereocenters. The van der Waals surface area contributed by atoms with Gasteiger partial charge in [0.25, 0.3) is 0 Å². The summed E-state index contributed by atoms with van der Waals surface area (Å²) in [4.78, 5) is 17.0. The number of nitrogens with one attached hydrogen (secondary N) is 1. The van der Waals surface area contributed by atoms with Gasteiger partial charge in [-0.15, -0.1) is 0 Å². The van der Waals surface area contributed by atoms with Crippen LogP contribution in [0.5, 0.6) is 0 Å².